The fraction of sp³-hybridized carbons (Fsp3) is 0.692. The molecule has 4 N–H and O–H groups in total. The lowest BCUT2D eigenvalue weighted by Crippen LogP contribution is -2.36. The molecule has 8 nitrogen and oxygen atoms in total. The molecule has 23 heavy (non-hydrogen) atoms. The van der Waals surface area contributed by atoms with Crippen LogP contribution in [-0.4, -0.2) is 47.8 Å². The van der Waals surface area contributed by atoms with Crippen LogP contribution in [0.4, 0.5) is 0 Å². The van der Waals surface area contributed by atoms with Crippen molar-refractivity contribution >= 4 is 28.9 Å². The molecule has 0 saturated carbocycles. The zero-order valence-electron chi connectivity index (χ0n) is 13.1. The van der Waals surface area contributed by atoms with Crippen LogP contribution >= 0.6 is 23.1 Å². The van der Waals surface area contributed by atoms with Crippen LogP contribution in [0.15, 0.2) is 10.4 Å². The quantitative estimate of drug-likeness (QED) is 0.188. The molecule has 0 fully saturated rings. The van der Waals surface area contributed by atoms with Crippen molar-refractivity contribution in [2.75, 3.05) is 26.0 Å². The van der Waals surface area contributed by atoms with Crippen molar-refractivity contribution in [3.63, 3.8) is 0 Å². The number of nitro groups is 1. The molecule has 1 atom stereocenters. The smallest absolute Gasteiger partial charge is 0.270 e. The summed E-state index contributed by atoms with van der Waals surface area (Å²) in [4.78, 5) is 19.0. The Morgan fingerprint density at radius 2 is 2.43 bits per heavy atom. The summed E-state index contributed by atoms with van der Waals surface area (Å²) in [6.07, 6.45) is 1.05. The van der Waals surface area contributed by atoms with Gasteiger partial charge in [0.25, 0.3) is 6.04 Å². The van der Waals surface area contributed by atoms with Crippen molar-refractivity contribution in [2.45, 2.75) is 31.2 Å². The molecule has 0 aliphatic carbocycles. The van der Waals surface area contributed by atoms with Crippen LogP contribution in [0.3, 0.4) is 0 Å². The van der Waals surface area contributed by atoms with Crippen LogP contribution in [0.2, 0.25) is 0 Å². The fourth-order valence-electron chi connectivity index (χ4n) is 1.76. The molecule has 0 bridgehead atoms. The Kier molecular flexibility index (Phi) is 9.76. The maximum absolute atomic E-state index is 10.9. The van der Waals surface area contributed by atoms with Gasteiger partial charge in [-0.2, -0.15) is 11.8 Å². The summed E-state index contributed by atoms with van der Waals surface area (Å²) >= 11 is 3.32. The Balaban J connectivity index is 2.24. The topological polar surface area (TPSA) is 130 Å². The van der Waals surface area contributed by atoms with Gasteiger partial charge in [-0.25, -0.2) is 4.98 Å². The lowest BCUT2D eigenvalue weighted by atomic mass is 10.2. The second-order valence-corrected chi connectivity index (χ2v) is 6.78. The summed E-state index contributed by atoms with van der Waals surface area (Å²) in [6, 6.07) is -0.965. The number of hydrogen-bond acceptors (Lipinski definition) is 8. The molecule has 0 aliphatic heterocycles. The highest BCUT2D eigenvalue weighted by Crippen LogP contribution is 2.16. The van der Waals surface area contributed by atoms with Gasteiger partial charge >= 0.3 is 0 Å². The third kappa shape index (κ3) is 7.73. The number of nitrogens with zero attached hydrogens (tertiary/aromatic N) is 3. The van der Waals surface area contributed by atoms with Crippen LogP contribution in [0.5, 0.6) is 0 Å². The van der Waals surface area contributed by atoms with Crippen molar-refractivity contribution in [2.24, 2.45) is 16.5 Å². The lowest BCUT2D eigenvalue weighted by molar-refractivity contribution is -0.504. The zero-order chi connectivity index (χ0) is 17.1. The van der Waals surface area contributed by atoms with E-state index in [2.05, 4.69) is 9.98 Å². The van der Waals surface area contributed by atoms with Crippen molar-refractivity contribution in [3.8, 4) is 0 Å². The second kappa shape index (κ2) is 11.3. The Bertz CT molecular complexity index is 510. The van der Waals surface area contributed by atoms with Gasteiger partial charge < -0.3 is 16.2 Å². The fourth-order valence-corrected chi connectivity index (χ4v) is 3.37. The molecule has 0 amide bonds. The Morgan fingerprint density at radius 1 is 1.65 bits per heavy atom. The number of thioether (sulfide) groups is 1. The second-order valence-electron chi connectivity index (χ2n) is 4.73. The number of aliphatic imine (C=N–C) groups is 1. The van der Waals surface area contributed by atoms with Gasteiger partial charge in [0.15, 0.2) is 5.84 Å². The normalized spacial score (nSPS) is 13.2. The predicted octanol–water partition coefficient (Wildman–Crippen LogP) is 1.26. The minimum absolute atomic E-state index is 0.0733. The van der Waals surface area contributed by atoms with Crippen molar-refractivity contribution in [1.82, 2.24) is 4.98 Å². The molecule has 1 heterocycles. The summed E-state index contributed by atoms with van der Waals surface area (Å²) in [7, 11) is 1.50. The van der Waals surface area contributed by atoms with Crippen LogP contribution in [0.25, 0.3) is 0 Å². The largest absolute Gasteiger partial charge is 0.384 e. The average Bonchev–Trinajstić information content (AvgIpc) is 2.98. The maximum atomic E-state index is 10.9. The zero-order valence-corrected chi connectivity index (χ0v) is 14.8. The van der Waals surface area contributed by atoms with Crippen LogP contribution in [0.1, 0.15) is 23.5 Å². The number of rotatable bonds is 12. The summed E-state index contributed by atoms with van der Waals surface area (Å²) in [5.41, 5.74) is 12.3. The molecule has 0 spiro atoms. The minimum atomic E-state index is -0.965. The Morgan fingerprint density at radius 3 is 3.04 bits per heavy atom. The molecule has 0 saturated heterocycles. The molecule has 10 heteroatoms. The summed E-state index contributed by atoms with van der Waals surface area (Å²) in [6.45, 7) is 1.25. The van der Waals surface area contributed by atoms with E-state index < -0.39 is 11.0 Å². The van der Waals surface area contributed by atoms with Crippen molar-refractivity contribution in [3.05, 3.63) is 26.2 Å². The van der Waals surface area contributed by atoms with Gasteiger partial charge in [-0.05, 0) is 12.2 Å². The summed E-state index contributed by atoms with van der Waals surface area (Å²) < 4.78 is 4.85. The number of thiazole rings is 1. The van der Waals surface area contributed by atoms with E-state index in [4.69, 9.17) is 16.2 Å². The minimum Gasteiger partial charge on any atom is -0.384 e. The molecule has 1 unspecified atom stereocenters. The number of ether oxygens (including phenoxy) is 1. The Labute approximate surface area is 143 Å². The van der Waals surface area contributed by atoms with E-state index in [1.165, 1.54) is 7.11 Å². The molecule has 1 aromatic rings. The average molecular weight is 361 g/mol. The van der Waals surface area contributed by atoms with E-state index in [1.54, 1.807) is 23.1 Å². The number of hydrogen-bond donors (Lipinski definition) is 2. The van der Waals surface area contributed by atoms with Gasteiger partial charge in [-0.1, -0.05) is 0 Å². The van der Waals surface area contributed by atoms with E-state index in [0.29, 0.717) is 13.1 Å². The molecule has 1 rings (SSSR count). The predicted molar refractivity (Wildman–Crippen MR) is 94.5 cm³/mol. The first-order chi connectivity index (χ1) is 11.1. The van der Waals surface area contributed by atoms with E-state index in [0.717, 1.165) is 28.6 Å². The lowest BCUT2D eigenvalue weighted by Gasteiger charge is -2.08. The first-order valence-corrected chi connectivity index (χ1v) is 9.25. The maximum Gasteiger partial charge on any atom is 0.270 e. The van der Waals surface area contributed by atoms with E-state index in [9.17, 15) is 10.1 Å². The highest BCUT2D eigenvalue weighted by molar-refractivity contribution is 7.98. The van der Waals surface area contributed by atoms with Gasteiger partial charge in [0.1, 0.15) is 5.01 Å². The van der Waals surface area contributed by atoms with Crippen molar-refractivity contribution < 1.29 is 9.66 Å². The number of nitrogens with two attached hydrogens (primary N) is 2. The standard InChI is InChI=1S/C13H23N5O3S2/c1-21-5-3-11(18(19)20)13(15)16-4-2-6-22-8-10-9-23-12(7-14)17-10/h9,11H,2-8,14H2,1H3,(H2,15,16). The third-order valence-corrected chi connectivity index (χ3v) is 4.95. The van der Waals surface area contributed by atoms with Crippen LogP contribution in [0, 0.1) is 10.1 Å². The SMILES string of the molecule is COCCC(C(N)=NCCCSCc1csc(CN)n1)[N+](=O)[O-]. The molecule has 1 aromatic heterocycles. The molecular formula is C13H23N5O3S2. The number of amidine groups is 1. The number of methoxy groups -OCH3 is 1. The molecular weight excluding hydrogens is 338 g/mol. The highest BCUT2D eigenvalue weighted by Gasteiger charge is 2.24. The van der Waals surface area contributed by atoms with Gasteiger partial charge in [-0.3, -0.25) is 15.1 Å². The van der Waals surface area contributed by atoms with E-state index in [-0.39, 0.29) is 18.9 Å². The van der Waals surface area contributed by atoms with Crippen LogP contribution < -0.4 is 11.5 Å². The monoisotopic (exact) mass is 361 g/mol. The first-order valence-electron chi connectivity index (χ1n) is 7.21. The third-order valence-electron chi connectivity index (χ3n) is 2.96. The summed E-state index contributed by atoms with van der Waals surface area (Å²) in [5, 5.41) is 13.9. The van der Waals surface area contributed by atoms with Gasteiger partial charge in [0.2, 0.25) is 0 Å². The summed E-state index contributed by atoms with van der Waals surface area (Å²) in [5.74, 6) is 1.80. The van der Waals surface area contributed by atoms with Gasteiger partial charge in [-0.15, -0.1) is 11.3 Å². The first kappa shape index (κ1) is 19.8. The molecule has 130 valence electrons. The van der Waals surface area contributed by atoms with E-state index >= 15 is 0 Å². The number of aromatic nitrogens is 1. The highest BCUT2D eigenvalue weighted by atomic mass is 32.2. The van der Waals surface area contributed by atoms with Crippen molar-refractivity contribution in [1.29, 1.82) is 0 Å². The van der Waals surface area contributed by atoms with Gasteiger partial charge in [0, 0.05) is 42.7 Å². The van der Waals surface area contributed by atoms with Crippen LogP contribution in [-0.2, 0) is 17.0 Å². The molecule has 0 radical (unpaired) electrons. The Hall–Kier alpha value is -1.23. The molecule has 0 aromatic carbocycles. The van der Waals surface area contributed by atoms with Gasteiger partial charge in [0.05, 0.1) is 12.3 Å². The van der Waals surface area contributed by atoms with E-state index in [1.807, 2.05) is 5.38 Å². The molecule has 0 aliphatic rings.